The number of aryl methyl sites for hydroxylation is 2. The van der Waals surface area contributed by atoms with Crippen LogP contribution in [0.4, 0.5) is 16.5 Å². The fourth-order valence-corrected chi connectivity index (χ4v) is 6.13. The number of benzene rings is 2. The molecule has 0 aliphatic carbocycles. The highest BCUT2D eigenvalue weighted by atomic mass is 32.2. The van der Waals surface area contributed by atoms with Crippen LogP contribution < -0.4 is 16.8 Å². The summed E-state index contributed by atoms with van der Waals surface area (Å²) in [5.74, 6) is 1.77. The van der Waals surface area contributed by atoms with Crippen molar-refractivity contribution in [2.45, 2.75) is 39.5 Å². The first kappa shape index (κ1) is 29.2. The number of anilines is 3. The van der Waals surface area contributed by atoms with Crippen molar-refractivity contribution in [2.75, 3.05) is 28.3 Å². The first-order valence-electron chi connectivity index (χ1n) is 11.6. The van der Waals surface area contributed by atoms with Crippen LogP contribution in [0.1, 0.15) is 33.6 Å². The fraction of sp³-hybridized carbons (Fsp3) is 0.308. The molecule has 0 unspecified atom stereocenters. The lowest BCUT2D eigenvalue weighted by Crippen LogP contribution is -2.14. The fourth-order valence-electron chi connectivity index (χ4n) is 3.37. The zero-order chi connectivity index (χ0) is 26.0. The summed E-state index contributed by atoms with van der Waals surface area (Å²) >= 11 is 4.69. The second kappa shape index (κ2) is 14.6. The second-order valence-electron chi connectivity index (χ2n) is 8.30. The number of carbonyl (C=O) groups is 2. The molecule has 12 heteroatoms. The molecule has 200 valence electrons. The molecule has 4 aromatic rings. The number of rotatable bonds is 13. The van der Waals surface area contributed by atoms with Gasteiger partial charge in [-0.15, -0.1) is 31.7 Å². The number of ketones is 1. The van der Waals surface area contributed by atoms with Gasteiger partial charge in [0.15, 0.2) is 0 Å². The van der Waals surface area contributed by atoms with Crippen molar-refractivity contribution in [3.63, 3.8) is 0 Å². The summed E-state index contributed by atoms with van der Waals surface area (Å²) in [6.45, 7) is 0. The predicted molar refractivity (Wildman–Crippen MR) is 158 cm³/mol. The Kier molecular flexibility index (Phi) is 11.2. The topological polar surface area (TPSA) is 150 Å². The van der Waals surface area contributed by atoms with Crippen molar-refractivity contribution in [3.8, 4) is 0 Å². The van der Waals surface area contributed by atoms with Gasteiger partial charge in [0, 0.05) is 30.6 Å². The van der Waals surface area contributed by atoms with Crippen LogP contribution in [0.15, 0.2) is 48.5 Å². The largest absolute Gasteiger partial charge is 0.399 e. The molecular weight excluding hydrogens is 539 g/mol. The van der Waals surface area contributed by atoms with Gasteiger partial charge in [-0.1, -0.05) is 43.0 Å². The Labute approximate surface area is 234 Å². The Bertz CT molecular complexity index is 1220. The van der Waals surface area contributed by atoms with Gasteiger partial charge < -0.3 is 16.8 Å². The summed E-state index contributed by atoms with van der Waals surface area (Å²) in [5.41, 5.74) is 14.6. The maximum absolute atomic E-state index is 12.3. The Morgan fingerprint density at radius 1 is 0.711 bits per heavy atom. The van der Waals surface area contributed by atoms with E-state index in [1.54, 1.807) is 36.0 Å². The molecule has 0 atom stereocenters. The lowest BCUT2D eigenvalue weighted by Gasteiger charge is -2.02. The molecular formula is C26H31N7O2S3. The summed E-state index contributed by atoms with van der Waals surface area (Å²) < 4.78 is 0. The number of nitrogens with zero attached hydrogens (tertiary/aromatic N) is 4. The van der Waals surface area contributed by atoms with Crippen LogP contribution in [0.3, 0.4) is 0 Å². The van der Waals surface area contributed by atoms with Crippen LogP contribution >= 0.6 is 34.4 Å². The van der Waals surface area contributed by atoms with Crippen molar-refractivity contribution in [3.05, 3.63) is 74.7 Å². The average Bonchev–Trinajstić information content (AvgIpc) is 3.51. The average molecular weight is 570 g/mol. The van der Waals surface area contributed by atoms with E-state index in [2.05, 4.69) is 25.7 Å². The molecule has 0 aliphatic heterocycles. The molecule has 4 rings (SSSR count). The van der Waals surface area contributed by atoms with Crippen LogP contribution in [0, 0.1) is 0 Å². The van der Waals surface area contributed by atoms with Gasteiger partial charge in [-0.3, -0.25) is 9.59 Å². The summed E-state index contributed by atoms with van der Waals surface area (Å²) in [6, 6.07) is 14.6. The minimum Gasteiger partial charge on any atom is -0.399 e. The summed E-state index contributed by atoms with van der Waals surface area (Å²) in [4.78, 5) is 24.6. The SMILES string of the molecule is C.Nc1ccc(CC(=O)Cc2nnc(CCSCCc3nnc(NC(=O)Cc4ccc(N)cc4)s3)s2)cc1. The van der Waals surface area contributed by atoms with Crippen LogP contribution in [-0.4, -0.2) is 43.6 Å². The van der Waals surface area contributed by atoms with E-state index >= 15 is 0 Å². The van der Waals surface area contributed by atoms with Crippen molar-refractivity contribution >= 4 is 62.6 Å². The van der Waals surface area contributed by atoms with Crippen LogP contribution in [0.25, 0.3) is 0 Å². The molecule has 0 radical (unpaired) electrons. The molecule has 2 aromatic carbocycles. The third-order valence-electron chi connectivity index (χ3n) is 5.22. The lowest BCUT2D eigenvalue weighted by molar-refractivity contribution is -0.118. The molecule has 5 N–H and O–H groups in total. The van der Waals surface area contributed by atoms with Crippen molar-refractivity contribution in [2.24, 2.45) is 0 Å². The molecule has 0 fully saturated rings. The molecule has 0 aliphatic rings. The summed E-state index contributed by atoms with van der Waals surface area (Å²) in [7, 11) is 0. The second-order valence-corrected chi connectivity index (χ2v) is 11.7. The number of carbonyl (C=O) groups excluding carboxylic acids is 2. The normalized spacial score (nSPS) is 10.6. The standard InChI is InChI=1S/C25H27N7O2S3.CH4/c26-18-5-1-16(2-6-18)13-20(33)15-24-31-29-22(36-24)9-11-35-12-10-23-30-32-25(37-23)28-21(34)14-17-3-7-19(27)8-4-17;/h1-8H,9-15,26-27H2,(H,28,32,34);1H4. The minimum atomic E-state index is -0.134. The van der Waals surface area contributed by atoms with Gasteiger partial charge in [0.25, 0.3) is 0 Å². The molecule has 2 aromatic heterocycles. The molecule has 38 heavy (non-hydrogen) atoms. The Balaban J connectivity index is 0.00000400. The zero-order valence-corrected chi connectivity index (χ0v) is 22.5. The van der Waals surface area contributed by atoms with Crippen LogP contribution in [0.5, 0.6) is 0 Å². The number of amides is 1. The van der Waals surface area contributed by atoms with E-state index in [1.165, 1.54) is 22.7 Å². The number of hydrogen-bond acceptors (Lipinski definition) is 11. The van der Waals surface area contributed by atoms with E-state index in [4.69, 9.17) is 11.5 Å². The lowest BCUT2D eigenvalue weighted by atomic mass is 10.1. The number of nitrogens with one attached hydrogen (secondary N) is 1. The van der Waals surface area contributed by atoms with Gasteiger partial charge in [-0.25, -0.2) is 0 Å². The summed E-state index contributed by atoms with van der Waals surface area (Å²) in [5, 5.41) is 22.5. The van der Waals surface area contributed by atoms with Crippen molar-refractivity contribution < 1.29 is 9.59 Å². The smallest absolute Gasteiger partial charge is 0.230 e. The third-order valence-corrected chi connectivity index (χ3v) is 8.08. The van der Waals surface area contributed by atoms with Gasteiger partial charge >= 0.3 is 0 Å². The Morgan fingerprint density at radius 3 is 1.87 bits per heavy atom. The van der Waals surface area contributed by atoms with E-state index < -0.39 is 0 Å². The first-order valence-corrected chi connectivity index (χ1v) is 14.4. The van der Waals surface area contributed by atoms with Crippen LogP contribution in [-0.2, 0) is 41.7 Å². The monoisotopic (exact) mass is 569 g/mol. The quantitative estimate of drug-likeness (QED) is 0.159. The van der Waals surface area contributed by atoms with Gasteiger partial charge in [0.2, 0.25) is 11.0 Å². The molecule has 0 saturated heterocycles. The third kappa shape index (κ3) is 9.51. The highest BCUT2D eigenvalue weighted by Crippen LogP contribution is 2.19. The zero-order valence-electron chi connectivity index (χ0n) is 20.1. The molecule has 0 saturated carbocycles. The van der Waals surface area contributed by atoms with E-state index in [0.29, 0.717) is 29.3 Å². The van der Waals surface area contributed by atoms with E-state index in [-0.39, 0.29) is 25.5 Å². The molecule has 0 spiro atoms. The number of Topliss-reactive ketones (excluding diaryl/α,β-unsaturated/α-hetero) is 1. The van der Waals surface area contributed by atoms with Crippen LogP contribution in [0.2, 0.25) is 0 Å². The van der Waals surface area contributed by atoms with Gasteiger partial charge in [0.1, 0.15) is 20.8 Å². The molecule has 1 amide bonds. The Morgan fingerprint density at radius 2 is 1.24 bits per heavy atom. The highest BCUT2D eigenvalue weighted by molar-refractivity contribution is 7.99. The maximum atomic E-state index is 12.3. The molecule has 9 nitrogen and oxygen atoms in total. The number of thioether (sulfide) groups is 1. The van der Waals surface area contributed by atoms with Crippen molar-refractivity contribution in [1.82, 2.24) is 20.4 Å². The predicted octanol–water partition coefficient (Wildman–Crippen LogP) is 4.24. The molecule has 2 heterocycles. The number of aromatic nitrogens is 4. The van der Waals surface area contributed by atoms with Gasteiger partial charge in [-0.05, 0) is 46.9 Å². The number of nitrogen functional groups attached to an aromatic ring is 2. The minimum absolute atomic E-state index is 0. The van der Waals surface area contributed by atoms with E-state index in [9.17, 15) is 9.59 Å². The highest BCUT2D eigenvalue weighted by Gasteiger charge is 2.12. The first-order chi connectivity index (χ1) is 17.9. The number of hydrogen-bond donors (Lipinski definition) is 3. The van der Waals surface area contributed by atoms with E-state index in [0.717, 1.165) is 50.5 Å². The van der Waals surface area contributed by atoms with Gasteiger partial charge in [0.05, 0.1) is 12.8 Å². The maximum Gasteiger partial charge on any atom is 0.230 e. The number of nitrogens with two attached hydrogens (primary N) is 2. The molecule has 0 bridgehead atoms. The van der Waals surface area contributed by atoms with E-state index in [1.807, 2.05) is 24.3 Å². The summed E-state index contributed by atoms with van der Waals surface area (Å²) in [6.07, 6.45) is 2.50. The van der Waals surface area contributed by atoms with Crippen molar-refractivity contribution in [1.29, 1.82) is 0 Å². The Hall–Kier alpha value is -3.35. The van der Waals surface area contributed by atoms with Gasteiger partial charge in [-0.2, -0.15) is 11.8 Å².